The molecular weight excluding hydrogens is 133 g/mol. The van der Waals surface area contributed by atoms with Crippen molar-refractivity contribution in [2.24, 2.45) is 0 Å². The molecule has 2 atom stereocenters. The third kappa shape index (κ3) is 2.23. The Morgan fingerprint density at radius 1 is 1.70 bits per heavy atom. The average molecular weight is 147 g/mol. The summed E-state index contributed by atoms with van der Waals surface area (Å²) >= 11 is 0. The Hall–Kier alpha value is -0.150. The van der Waals surface area contributed by atoms with Crippen molar-refractivity contribution in [3.05, 3.63) is 0 Å². The van der Waals surface area contributed by atoms with E-state index in [1.165, 1.54) is 0 Å². The van der Waals surface area contributed by atoms with Crippen molar-refractivity contribution in [2.75, 3.05) is 20.3 Å². The van der Waals surface area contributed by atoms with E-state index in [2.05, 4.69) is 5.32 Å². The number of rotatable bonds is 2. The Morgan fingerprint density at radius 2 is 2.50 bits per heavy atom. The van der Waals surface area contributed by atoms with Crippen LogP contribution in [0.4, 0.5) is 4.39 Å². The van der Waals surface area contributed by atoms with E-state index in [9.17, 15) is 4.39 Å². The predicted molar refractivity (Wildman–Crippen MR) is 37.8 cm³/mol. The molecule has 1 rings (SSSR count). The molecular formula is C7H14FNO. The van der Waals surface area contributed by atoms with Crippen LogP contribution in [0.15, 0.2) is 0 Å². The van der Waals surface area contributed by atoms with Crippen LogP contribution in [0.5, 0.6) is 0 Å². The number of alkyl halides is 1. The molecule has 1 aliphatic rings. The van der Waals surface area contributed by atoms with Gasteiger partial charge in [-0.1, -0.05) is 0 Å². The van der Waals surface area contributed by atoms with E-state index >= 15 is 0 Å². The minimum atomic E-state index is -0.624. The summed E-state index contributed by atoms with van der Waals surface area (Å²) in [5.74, 6) is 0. The Bertz CT molecular complexity index is 97.6. The van der Waals surface area contributed by atoms with E-state index in [0.29, 0.717) is 19.4 Å². The minimum Gasteiger partial charge on any atom is -0.383 e. The van der Waals surface area contributed by atoms with Crippen LogP contribution in [0.1, 0.15) is 12.8 Å². The van der Waals surface area contributed by atoms with Gasteiger partial charge in [-0.05, 0) is 19.4 Å². The SMILES string of the molecule is COC[C@@H]1C[C@@H](F)CCN1. The van der Waals surface area contributed by atoms with Gasteiger partial charge in [-0.25, -0.2) is 4.39 Å². The van der Waals surface area contributed by atoms with Gasteiger partial charge >= 0.3 is 0 Å². The first-order chi connectivity index (χ1) is 4.83. The van der Waals surface area contributed by atoms with Gasteiger partial charge in [0, 0.05) is 13.2 Å². The summed E-state index contributed by atoms with van der Waals surface area (Å²) < 4.78 is 17.6. The standard InChI is InChI=1S/C7H14FNO/c1-10-5-7-4-6(8)2-3-9-7/h6-7,9H,2-5H2,1H3/t6-,7-/m0/s1. The summed E-state index contributed by atoms with van der Waals surface area (Å²) in [5.41, 5.74) is 0. The predicted octanol–water partition coefficient (Wildman–Crippen LogP) is 0.723. The highest BCUT2D eigenvalue weighted by Gasteiger charge is 2.19. The highest BCUT2D eigenvalue weighted by atomic mass is 19.1. The Kier molecular flexibility index (Phi) is 3.09. The second-order valence-electron chi connectivity index (χ2n) is 2.73. The maximum atomic E-state index is 12.7. The van der Waals surface area contributed by atoms with Crippen molar-refractivity contribution in [2.45, 2.75) is 25.1 Å². The highest BCUT2D eigenvalue weighted by Crippen LogP contribution is 2.11. The van der Waals surface area contributed by atoms with Crippen molar-refractivity contribution >= 4 is 0 Å². The number of piperidine rings is 1. The smallest absolute Gasteiger partial charge is 0.103 e. The van der Waals surface area contributed by atoms with Gasteiger partial charge in [0.2, 0.25) is 0 Å². The lowest BCUT2D eigenvalue weighted by molar-refractivity contribution is 0.126. The molecule has 0 aromatic heterocycles. The van der Waals surface area contributed by atoms with Crippen molar-refractivity contribution in [3.8, 4) is 0 Å². The Labute approximate surface area is 60.8 Å². The summed E-state index contributed by atoms with van der Waals surface area (Å²) in [5, 5.41) is 3.19. The molecule has 2 nitrogen and oxygen atoms in total. The molecule has 1 aliphatic heterocycles. The fraction of sp³-hybridized carbons (Fsp3) is 1.00. The van der Waals surface area contributed by atoms with Crippen LogP contribution in [-0.2, 0) is 4.74 Å². The van der Waals surface area contributed by atoms with Crippen molar-refractivity contribution in [3.63, 3.8) is 0 Å². The van der Waals surface area contributed by atoms with E-state index in [-0.39, 0.29) is 6.04 Å². The molecule has 1 N–H and O–H groups in total. The van der Waals surface area contributed by atoms with E-state index in [1.54, 1.807) is 7.11 Å². The first-order valence-corrected chi connectivity index (χ1v) is 3.69. The lowest BCUT2D eigenvalue weighted by atomic mass is 10.0. The molecule has 1 saturated heterocycles. The van der Waals surface area contributed by atoms with Crippen LogP contribution in [0.2, 0.25) is 0 Å². The van der Waals surface area contributed by atoms with Crippen LogP contribution >= 0.6 is 0 Å². The molecule has 10 heavy (non-hydrogen) atoms. The van der Waals surface area contributed by atoms with Gasteiger partial charge in [-0.3, -0.25) is 0 Å². The highest BCUT2D eigenvalue weighted by molar-refractivity contribution is 4.77. The third-order valence-corrected chi connectivity index (χ3v) is 1.80. The number of halogens is 1. The molecule has 0 aromatic rings. The first kappa shape index (κ1) is 7.95. The molecule has 0 aromatic carbocycles. The Morgan fingerprint density at radius 3 is 3.10 bits per heavy atom. The Balaban J connectivity index is 2.18. The quantitative estimate of drug-likeness (QED) is 0.621. The molecule has 0 amide bonds. The molecule has 0 aliphatic carbocycles. The minimum absolute atomic E-state index is 0.230. The van der Waals surface area contributed by atoms with Crippen molar-refractivity contribution < 1.29 is 9.13 Å². The number of hydrogen-bond donors (Lipinski definition) is 1. The zero-order valence-corrected chi connectivity index (χ0v) is 6.27. The number of methoxy groups -OCH3 is 1. The summed E-state index contributed by atoms with van der Waals surface area (Å²) in [6, 6.07) is 0.230. The molecule has 0 radical (unpaired) electrons. The van der Waals surface area contributed by atoms with Crippen LogP contribution < -0.4 is 5.32 Å². The molecule has 60 valence electrons. The van der Waals surface area contributed by atoms with Gasteiger partial charge in [-0.15, -0.1) is 0 Å². The topological polar surface area (TPSA) is 21.3 Å². The van der Waals surface area contributed by atoms with Gasteiger partial charge in [0.05, 0.1) is 6.61 Å². The lowest BCUT2D eigenvalue weighted by Crippen LogP contribution is -2.41. The van der Waals surface area contributed by atoms with E-state index in [0.717, 1.165) is 6.54 Å². The average Bonchev–Trinajstić information content (AvgIpc) is 1.88. The molecule has 1 heterocycles. The van der Waals surface area contributed by atoms with Crippen LogP contribution in [0.25, 0.3) is 0 Å². The molecule has 3 heteroatoms. The van der Waals surface area contributed by atoms with Gasteiger partial charge in [0.25, 0.3) is 0 Å². The summed E-state index contributed by atoms with van der Waals surface area (Å²) in [6.45, 7) is 1.41. The number of ether oxygens (including phenoxy) is 1. The maximum absolute atomic E-state index is 12.7. The number of hydrogen-bond acceptors (Lipinski definition) is 2. The number of nitrogens with one attached hydrogen (secondary N) is 1. The van der Waals surface area contributed by atoms with Crippen LogP contribution in [-0.4, -0.2) is 32.5 Å². The van der Waals surface area contributed by atoms with E-state index in [1.807, 2.05) is 0 Å². The van der Waals surface area contributed by atoms with Gasteiger partial charge in [0.15, 0.2) is 0 Å². The van der Waals surface area contributed by atoms with Crippen molar-refractivity contribution in [1.82, 2.24) is 5.32 Å². The first-order valence-electron chi connectivity index (χ1n) is 3.69. The summed E-state index contributed by atoms with van der Waals surface area (Å²) in [6.07, 6.45) is 0.634. The van der Waals surface area contributed by atoms with Gasteiger partial charge < -0.3 is 10.1 Å². The largest absolute Gasteiger partial charge is 0.383 e. The van der Waals surface area contributed by atoms with Gasteiger partial charge in [0.1, 0.15) is 6.17 Å². The van der Waals surface area contributed by atoms with Crippen LogP contribution in [0.3, 0.4) is 0 Å². The van der Waals surface area contributed by atoms with Gasteiger partial charge in [-0.2, -0.15) is 0 Å². The van der Waals surface area contributed by atoms with E-state index in [4.69, 9.17) is 4.74 Å². The summed E-state index contributed by atoms with van der Waals surface area (Å²) in [4.78, 5) is 0. The lowest BCUT2D eigenvalue weighted by Gasteiger charge is -2.25. The zero-order chi connectivity index (χ0) is 7.40. The zero-order valence-electron chi connectivity index (χ0n) is 6.27. The van der Waals surface area contributed by atoms with Crippen molar-refractivity contribution in [1.29, 1.82) is 0 Å². The summed E-state index contributed by atoms with van der Waals surface area (Å²) in [7, 11) is 1.64. The second kappa shape index (κ2) is 3.88. The molecule has 0 spiro atoms. The van der Waals surface area contributed by atoms with E-state index < -0.39 is 6.17 Å². The monoisotopic (exact) mass is 147 g/mol. The molecule has 0 unspecified atom stereocenters. The fourth-order valence-corrected chi connectivity index (χ4v) is 1.28. The second-order valence-corrected chi connectivity index (χ2v) is 2.73. The van der Waals surface area contributed by atoms with Crippen LogP contribution in [0, 0.1) is 0 Å². The third-order valence-electron chi connectivity index (χ3n) is 1.80. The normalized spacial score (nSPS) is 34.2. The molecule has 1 fully saturated rings. The molecule has 0 bridgehead atoms. The fourth-order valence-electron chi connectivity index (χ4n) is 1.28. The molecule has 0 saturated carbocycles. The maximum Gasteiger partial charge on any atom is 0.103 e.